The van der Waals surface area contributed by atoms with Crippen molar-refractivity contribution in [3.05, 3.63) is 84.0 Å². The third-order valence-corrected chi connectivity index (χ3v) is 4.42. The van der Waals surface area contributed by atoms with Crippen molar-refractivity contribution >= 4 is 28.4 Å². The molecule has 0 spiro atoms. The number of rotatable bonds is 5. The molecular formula is C23H19N3O4. The summed E-state index contributed by atoms with van der Waals surface area (Å²) in [7, 11) is 3.12. The summed E-state index contributed by atoms with van der Waals surface area (Å²) in [4.78, 5) is 21.7. The number of nitrogens with one attached hydrogen (secondary N) is 1. The van der Waals surface area contributed by atoms with E-state index < -0.39 is 0 Å². The van der Waals surface area contributed by atoms with E-state index in [2.05, 4.69) is 15.3 Å². The van der Waals surface area contributed by atoms with Crippen molar-refractivity contribution in [2.45, 2.75) is 0 Å². The highest BCUT2D eigenvalue weighted by molar-refractivity contribution is 6.04. The molecule has 0 unspecified atom stereocenters. The fourth-order valence-corrected chi connectivity index (χ4v) is 2.93. The molecule has 0 saturated carbocycles. The molecule has 2 aromatic heterocycles. The summed E-state index contributed by atoms with van der Waals surface area (Å²) in [6.45, 7) is 0. The smallest absolute Gasteiger partial charge is 0.262 e. The van der Waals surface area contributed by atoms with Gasteiger partial charge in [0.25, 0.3) is 5.91 Å². The van der Waals surface area contributed by atoms with E-state index in [1.54, 1.807) is 62.9 Å². The average molecular weight is 401 g/mol. The zero-order valence-corrected chi connectivity index (χ0v) is 16.5. The van der Waals surface area contributed by atoms with Crippen LogP contribution in [0.1, 0.15) is 10.4 Å². The topological polar surface area (TPSA) is 86.0 Å². The first-order chi connectivity index (χ1) is 14.7. The average Bonchev–Trinajstić information content (AvgIpc) is 2.79. The molecule has 0 aliphatic heterocycles. The van der Waals surface area contributed by atoms with Crippen LogP contribution in [0.2, 0.25) is 0 Å². The van der Waals surface area contributed by atoms with Gasteiger partial charge in [0.2, 0.25) is 5.55 Å². The molecule has 0 aliphatic rings. The minimum atomic E-state index is -0.385. The van der Waals surface area contributed by atoms with Crippen molar-refractivity contribution in [2.24, 2.45) is 4.99 Å². The lowest BCUT2D eigenvalue weighted by molar-refractivity contribution is 0.102. The molecule has 4 aromatic rings. The van der Waals surface area contributed by atoms with Crippen LogP contribution in [0, 0.1) is 0 Å². The Kier molecular flexibility index (Phi) is 5.43. The molecule has 30 heavy (non-hydrogen) atoms. The van der Waals surface area contributed by atoms with E-state index in [-0.39, 0.29) is 17.0 Å². The fraction of sp³-hybridized carbons (Fsp3) is 0.0870. The van der Waals surface area contributed by atoms with Crippen LogP contribution < -0.4 is 20.3 Å². The SMILES string of the molecule is COc1ccc(OC)c(N=c2oc3ccccc3cc2C(=O)Nc2ccccn2)c1. The number of amides is 1. The van der Waals surface area contributed by atoms with Gasteiger partial charge in [-0.15, -0.1) is 0 Å². The van der Waals surface area contributed by atoms with Crippen LogP contribution in [0.5, 0.6) is 11.5 Å². The number of pyridine rings is 1. The van der Waals surface area contributed by atoms with Gasteiger partial charge < -0.3 is 19.2 Å². The van der Waals surface area contributed by atoms with Gasteiger partial charge in [-0.05, 0) is 36.4 Å². The molecule has 150 valence electrons. The first-order valence-corrected chi connectivity index (χ1v) is 9.20. The highest BCUT2D eigenvalue weighted by atomic mass is 16.5. The highest BCUT2D eigenvalue weighted by Gasteiger charge is 2.14. The summed E-state index contributed by atoms with van der Waals surface area (Å²) in [5.41, 5.74) is 1.49. The second-order valence-electron chi connectivity index (χ2n) is 6.32. The van der Waals surface area contributed by atoms with Gasteiger partial charge in [0, 0.05) is 17.6 Å². The Morgan fingerprint density at radius 3 is 2.60 bits per heavy atom. The Morgan fingerprint density at radius 2 is 1.83 bits per heavy atom. The van der Waals surface area contributed by atoms with E-state index >= 15 is 0 Å². The number of nitrogens with zero attached hydrogens (tertiary/aromatic N) is 2. The molecular weight excluding hydrogens is 382 g/mol. The number of methoxy groups -OCH3 is 2. The molecule has 2 aromatic carbocycles. The van der Waals surface area contributed by atoms with Crippen molar-refractivity contribution in [1.29, 1.82) is 0 Å². The van der Waals surface area contributed by atoms with Crippen molar-refractivity contribution < 1.29 is 18.7 Å². The van der Waals surface area contributed by atoms with Crippen LogP contribution in [0.3, 0.4) is 0 Å². The lowest BCUT2D eigenvalue weighted by atomic mass is 10.1. The van der Waals surface area contributed by atoms with Gasteiger partial charge in [-0.3, -0.25) is 4.79 Å². The third-order valence-electron chi connectivity index (χ3n) is 4.42. The monoisotopic (exact) mass is 401 g/mol. The van der Waals surface area contributed by atoms with Gasteiger partial charge in [-0.2, -0.15) is 0 Å². The summed E-state index contributed by atoms with van der Waals surface area (Å²) in [6.07, 6.45) is 1.60. The zero-order chi connectivity index (χ0) is 20.9. The van der Waals surface area contributed by atoms with E-state index in [9.17, 15) is 4.79 Å². The maximum Gasteiger partial charge on any atom is 0.262 e. The maximum absolute atomic E-state index is 13.0. The minimum absolute atomic E-state index is 0.147. The predicted octanol–water partition coefficient (Wildman–Crippen LogP) is 4.33. The van der Waals surface area contributed by atoms with Crippen LogP contribution in [0.15, 0.2) is 82.3 Å². The Morgan fingerprint density at radius 1 is 1.00 bits per heavy atom. The van der Waals surface area contributed by atoms with Crippen molar-refractivity contribution in [3.63, 3.8) is 0 Å². The van der Waals surface area contributed by atoms with E-state index in [1.165, 1.54) is 0 Å². The van der Waals surface area contributed by atoms with E-state index in [0.29, 0.717) is 28.6 Å². The molecule has 2 heterocycles. The Balaban J connectivity index is 1.89. The van der Waals surface area contributed by atoms with Crippen LogP contribution in [0.4, 0.5) is 11.5 Å². The Bertz CT molecular complexity index is 1270. The van der Waals surface area contributed by atoms with Gasteiger partial charge in [0.05, 0.1) is 14.2 Å². The molecule has 0 bridgehead atoms. The molecule has 7 nitrogen and oxygen atoms in total. The minimum Gasteiger partial charge on any atom is -0.497 e. The molecule has 0 atom stereocenters. The molecule has 0 fully saturated rings. The van der Waals surface area contributed by atoms with Gasteiger partial charge >= 0.3 is 0 Å². The largest absolute Gasteiger partial charge is 0.497 e. The molecule has 0 aliphatic carbocycles. The lowest BCUT2D eigenvalue weighted by Gasteiger charge is -2.08. The lowest BCUT2D eigenvalue weighted by Crippen LogP contribution is -2.22. The Labute approximate surface area is 172 Å². The van der Waals surface area contributed by atoms with E-state index in [0.717, 1.165) is 5.39 Å². The highest BCUT2D eigenvalue weighted by Crippen LogP contribution is 2.31. The van der Waals surface area contributed by atoms with Crippen LogP contribution in [-0.4, -0.2) is 25.1 Å². The number of hydrogen-bond acceptors (Lipinski definition) is 6. The number of carbonyl (C=O) groups excluding carboxylic acids is 1. The summed E-state index contributed by atoms with van der Waals surface area (Å²) >= 11 is 0. The number of ether oxygens (including phenoxy) is 2. The van der Waals surface area contributed by atoms with Gasteiger partial charge in [0.1, 0.15) is 34.2 Å². The molecule has 0 saturated heterocycles. The summed E-state index contributed by atoms with van der Waals surface area (Å²) in [6, 6.07) is 19.6. The number of carbonyl (C=O) groups is 1. The number of fused-ring (bicyclic) bond motifs is 1. The predicted molar refractivity (Wildman–Crippen MR) is 113 cm³/mol. The zero-order valence-electron chi connectivity index (χ0n) is 16.5. The molecule has 1 amide bonds. The van der Waals surface area contributed by atoms with Crippen LogP contribution >= 0.6 is 0 Å². The molecule has 0 radical (unpaired) electrons. The molecule has 1 N–H and O–H groups in total. The fourth-order valence-electron chi connectivity index (χ4n) is 2.93. The van der Waals surface area contributed by atoms with Crippen LogP contribution in [0.25, 0.3) is 11.0 Å². The second kappa shape index (κ2) is 8.48. The maximum atomic E-state index is 13.0. The summed E-state index contributed by atoms with van der Waals surface area (Å²) in [5, 5.41) is 3.55. The van der Waals surface area contributed by atoms with Gasteiger partial charge in [0.15, 0.2) is 0 Å². The number of benzene rings is 2. The first kappa shape index (κ1) is 19.2. The van der Waals surface area contributed by atoms with Crippen LogP contribution in [-0.2, 0) is 0 Å². The van der Waals surface area contributed by atoms with Gasteiger partial charge in [-0.25, -0.2) is 9.98 Å². The van der Waals surface area contributed by atoms with Crippen molar-refractivity contribution in [3.8, 4) is 11.5 Å². The summed E-state index contributed by atoms with van der Waals surface area (Å²) in [5.74, 6) is 1.18. The third kappa shape index (κ3) is 4.00. The molecule has 7 heteroatoms. The summed E-state index contributed by atoms with van der Waals surface area (Å²) < 4.78 is 16.7. The number of hydrogen-bond donors (Lipinski definition) is 1. The van der Waals surface area contributed by atoms with E-state index in [1.807, 2.05) is 24.3 Å². The Hall–Kier alpha value is -4.13. The standard InChI is InChI=1S/C23H19N3O4/c1-28-16-10-11-20(29-2)18(14-16)25-23-17(13-15-7-3-4-8-19(15)30-23)22(27)26-21-9-5-6-12-24-21/h3-14H,1-2H3,(H,24,26,27). The quantitative estimate of drug-likeness (QED) is 0.538. The van der Waals surface area contributed by atoms with Gasteiger partial charge in [-0.1, -0.05) is 24.3 Å². The van der Waals surface area contributed by atoms with Crippen molar-refractivity contribution in [1.82, 2.24) is 4.98 Å². The number of aromatic nitrogens is 1. The number of anilines is 1. The van der Waals surface area contributed by atoms with E-state index in [4.69, 9.17) is 13.9 Å². The normalized spacial score (nSPS) is 11.3. The first-order valence-electron chi connectivity index (χ1n) is 9.20. The van der Waals surface area contributed by atoms with Crippen molar-refractivity contribution in [2.75, 3.05) is 19.5 Å². The second-order valence-corrected chi connectivity index (χ2v) is 6.32. The number of para-hydroxylation sites is 1. The molecule has 4 rings (SSSR count).